The molecule has 1 aromatic rings. The van der Waals surface area contributed by atoms with E-state index in [9.17, 15) is 16.8 Å². The van der Waals surface area contributed by atoms with Crippen LogP contribution < -0.4 is 0 Å². The third-order valence-corrected chi connectivity index (χ3v) is 3.57. The molecule has 0 radical (unpaired) electrons. The fourth-order valence-corrected chi connectivity index (χ4v) is 2.53. The Morgan fingerprint density at radius 2 is 1.58 bits per heavy atom. The Labute approximate surface area is 113 Å². The summed E-state index contributed by atoms with van der Waals surface area (Å²) in [5, 5.41) is 0. The Hall–Kier alpha value is -0.960. The molecule has 0 saturated carbocycles. The molecule has 0 saturated heterocycles. The van der Waals surface area contributed by atoms with Crippen LogP contribution in [-0.4, -0.2) is 34.3 Å². The standard InChI is InChI=1S/C11H16O6S2/c1-18(12,13)17-8-2-3-10-4-6-11(7-5-10)9-19(14,15)16/h4-7H,2-3,8-9H2,1H3,(H,14,15,16). The minimum Gasteiger partial charge on any atom is -0.285 e. The monoisotopic (exact) mass is 308 g/mol. The molecule has 0 aromatic heterocycles. The van der Waals surface area contributed by atoms with Crippen molar-refractivity contribution in [3.05, 3.63) is 35.4 Å². The molecule has 0 heterocycles. The van der Waals surface area contributed by atoms with Crippen LogP contribution in [0, 0.1) is 0 Å². The third kappa shape index (κ3) is 7.93. The maximum Gasteiger partial charge on any atom is 0.269 e. The molecule has 0 atom stereocenters. The first-order chi connectivity index (χ1) is 8.66. The van der Waals surface area contributed by atoms with Crippen molar-refractivity contribution in [1.82, 2.24) is 0 Å². The van der Waals surface area contributed by atoms with Crippen molar-refractivity contribution < 1.29 is 25.6 Å². The minimum atomic E-state index is -4.01. The van der Waals surface area contributed by atoms with Gasteiger partial charge in [-0.15, -0.1) is 0 Å². The zero-order chi connectivity index (χ0) is 14.5. The van der Waals surface area contributed by atoms with Crippen LogP contribution in [-0.2, 0) is 36.6 Å². The van der Waals surface area contributed by atoms with Gasteiger partial charge in [0.15, 0.2) is 0 Å². The lowest BCUT2D eigenvalue weighted by atomic mass is 10.1. The Morgan fingerprint density at radius 3 is 2.05 bits per heavy atom. The fourth-order valence-electron chi connectivity index (χ4n) is 1.50. The van der Waals surface area contributed by atoms with E-state index >= 15 is 0 Å². The average molecular weight is 308 g/mol. The van der Waals surface area contributed by atoms with Gasteiger partial charge in [-0.1, -0.05) is 24.3 Å². The highest BCUT2D eigenvalue weighted by atomic mass is 32.2. The first-order valence-electron chi connectivity index (χ1n) is 5.53. The zero-order valence-electron chi connectivity index (χ0n) is 10.4. The van der Waals surface area contributed by atoms with Crippen molar-refractivity contribution >= 4 is 20.2 Å². The summed E-state index contributed by atoms with van der Waals surface area (Å²) in [6.45, 7) is 0.117. The largest absolute Gasteiger partial charge is 0.285 e. The second-order valence-electron chi connectivity index (χ2n) is 4.17. The Bertz CT molecular complexity index is 601. The highest BCUT2D eigenvalue weighted by molar-refractivity contribution is 7.86. The summed E-state index contributed by atoms with van der Waals surface area (Å²) in [5.74, 6) is -0.412. The van der Waals surface area contributed by atoms with Gasteiger partial charge in [0, 0.05) is 0 Å². The van der Waals surface area contributed by atoms with Crippen LogP contribution in [0.5, 0.6) is 0 Å². The highest BCUT2D eigenvalue weighted by Gasteiger charge is 2.06. The molecule has 0 bridgehead atoms. The van der Waals surface area contributed by atoms with Gasteiger partial charge in [-0.2, -0.15) is 16.8 Å². The van der Waals surface area contributed by atoms with E-state index < -0.39 is 26.0 Å². The van der Waals surface area contributed by atoms with Gasteiger partial charge in [0.05, 0.1) is 12.9 Å². The van der Waals surface area contributed by atoms with Gasteiger partial charge in [-0.05, 0) is 24.0 Å². The maximum absolute atomic E-state index is 10.7. The molecule has 1 N–H and O–H groups in total. The van der Waals surface area contributed by atoms with E-state index in [1.54, 1.807) is 24.3 Å². The quantitative estimate of drug-likeness (QED) is 0.458. The Balaban J connectivity index is 2.45. The molecule has 0 aliphatic rings. The van der Waals surface area contributed by atoms with E-state index in [0.717, 1.165) is 11.8 Å². The van der Waals surface area contributed by atoms with E-state index in [-0.39, 0.29) is 6.61 Å². The molecule has 0 spiro atoms. The third-order valence-electron chi connectivity index (χ3n) is 2.28. The van der Waals surface area contributed by atoms with E-state index in [2.05, 4.69) is 4.18 Å². The highest BCUT2D eigenvalue weighted by Crippen LogP contribution is 2.09. The van der Waals surface area contributed by atoms with Crippen LogP contribution in [0.25, 0.3) is 0 Å². The lowest BCUT2D eigenvalue weighted by molar-refractivity contribution is 0.316. The predicted molar refractivity (Wildman–Crippen MR) is 70.8 cm³/mol. The molecular weight excluding hydrogens is 292 g/mol. The van der Waals surface area contributed by atoms with E-state index in [0.29, 0.717) is 18.4 Å². The SMILES string of the molecule is CS(=O)(=O)OCCCc1ccc(CS(=O)(=O)O)cc1. The van der Waals surface area contributed by atoms with Gasteiger partial charge in [-0.3, -0.25) is 8.74 Å². The van der Waals surface area contributed by atoms with Crippen LogP contribution in [0.2, 0.25) is 0 Å². The second-order valence-corrected chi connectivity index (χ2v) is 7.27. The first kappa shape index (κ1) is 16.1. The molecule has 1 aromatic carbocycles. The minimum absolute atomic E-state index is 0.117. The van der Waals surface area contributed by atoms with Crippen molar-refractivity contribution in [3.63, 3.8) is 0 Å². The normalized spacial score (nSPS) is 12.5. The summed E-state index contributed by atoms with van der Waals surface area (Å²) in [6.07, 6.45) is 2.17. The van der Waals surface area contributed by atoms with Crippen LogP contribution in [0.15, 0.2) is 24.3 Å². The van der Waals surface area contributed by atoms with Crippen LogP contribution in [0.4, 0.5) is 0 Å². The molecule has 0 unspecified atom stereocenters. The van der Waals surface area contributed by atoms with E-state index in [1.807, 2.05) is 0 Å². The van der Waals surface area contributed by atoms with Crippen LogP contribution in [0.1, 0.15) is 17.5 Å². The summed E-state index contributed by atoms with van der Waals surface area (Å²) >= 11 is 0. The number of rotatable bonds is 7. The van der Waals surface area contributed by atoms with Crippen molar-refractivity contribution in [2.24, 2.45) is 0 Å². The van der Waals surface area contributed by atoms with Gasteiger partial charge in [0.1, 0.15) is 5.75 Å². The molecule has 0 amide bonds. The smallest absolute Gasteiger partial charge is 0.269 e. The van der Waals surface area contributed by atoms with Crippen molar-refractivity contribution in [2.75, 3.05) is 12.9 Å². The molecule has 8 heteroatoms. The lowest BCUT2D eigenvalue weighted by Crippen LogP contribution is -2.05. The van der Waals surface area contributed by atoms with Crippen molar-refractivity contribution in [3.8, 4) is 0 Å². The van der Waals surface area contributed by atoms with Crippen molar-refractivity contribution in [1.29, 1.82) is 0 Å². The van der Waals surface area contributed by atoms with Crippen LogP contribution in [0.3, 0.4) is 0 Å². The Kier molecular flexibility index (Phi) is 5.48. The van der Waals surface area contributed by atoms with Gasteiger partial charge in [0.25, 0.3) is 20.2 Å². The van der Waals surface area contributed by atoms with Gasteiger partial charge >= 0.3 is 0 Å². The van der Waals surface area contributed by atoms with Crippen LogP contribution >= 0.6 is 0 Å². The fraction of sp³-hybridized carbons (Fsp3) is 0.455. The van der Waals surface area contributed by atoms with Gasteiger partial charge in [-0.25, -0.2) is 0 Å². The van der Waals surface area contributed by atoms with E-state index in [4.69, 9.17) is 4.55 Å². The zero-order valence-corrected chi connectivity index (χ0v) is 12.1. The van der Waals surface area contributed by atoms with Gasteiger partial charge in [0.2, 0.25) is 0 Å². The summed E-state index contributed by atoms with van der Waals surface area (Å²) in [4.78, 5) is 0. The summed E-state index contributed by atoms with van der Waals surface area (Å²) in [5.41, 5.74) is 1.44. The summed E-state index contributed by atoms with van der Waals surface area (Å²) in [6, 6.07) is 6.70. The Morgan fingerprint density at radius 1 is 1.05 bits per heavy atom. The summed E-state index contributed by atoms with van der Waals surface area (Å²) in [7, 11) is -7.41. The number of aryl methyl sites for hydroxylation is 1. The maximum atomic E-state index is 10.7. The molecule has 108 valence electrons. The molecule has 0 aliphatic heterocycles. The number of hydrogen-bond donors (Lipinski definition) is 1. The number of hydrogen-bond acceptors (Lipinski definition) is 5. The molecule has 6 nitrogen and oxygen atoms in total. The average Bonchev–Trinajstić information content (AvgIpc) is 2.23. The molecule has 0 fully saturated rings. The topological polar surface area (TPSA) is 97.7 Å². The number of benzene rings is 1. The van der Waals surface area contributed by atoms with Gasteiger partial charge < -0.3 is 0 Å². The van der Waals surface area contributed by atoms with Crippen molar-refractivity contribution in [2.45, 2.75) is 18.6 Å². The summed E-state index contributed by atoms with van der Waals surface area (Å²) < 4.78 is 56.1. The second kappa shape index (κ2) is 6.47. The molecule has 19 heavy (non-hydrogen) atoms. The lowest BCUT2D eigenvalue weighted by Gasteiger charge is -2.04. The first-order valence-corrected chi connectivity index (χ1v) is 8.96. The molecule has 1 rings (SSSR count). The molecular formula is C11H16O6S2. The molecule has 0 aliphatic carbocycles. The van der Waals surface area contributed by atoms with E-state index in [1.165, 1.54) is 0 Å². The predicted octanol–water partition coefficient (Wildman–Crippen LogP) is 0.983.